The van der Waals surface area contributed by atoms with Gasteiger partial charge in [-0.15, -0.1) is 0 Å². The molecular formula is C17H21NO4. The summed E-state index contributed by atoms with van der Waals surface area (Å²) in [4.78, 5) is 36.8. The molecule has 1 aromatic carbocycles. The van der Waals surface area contributed by atoms with Crippen molar-refractivity contribution in [3.05, 3.63) is 42.5 Å². The molecule has 0 N–H and O–H groups in total. The third-order valence-electron chi connectivity index (χ3n) is 2.81. The molecule has 0 aliphatic carbocycles. The first-order valence-corrected chi connectivity index (χ1v) is 7.34. The van der Waals surface area contributed by atoms with Crippen LogP contribution in [0.25, 0.3) is 0 Å². The molecule has 118 valence electrons. The van der Waals surface area contributed by atoms with Crippen LogP contribution in [0.5, 0.6) is 0 Å². The fraction of sp³-hybridized carbons (Fsp3) is 0.353. The van der Waals surface area contributed by atoms with Crippen molar-refractivity contribution in [1.82, 2.24) is 0 Å². The first-order chi connectivity index (χ1) is 10.6. The van der Waals surface area contributed by atoms with Crippen molar-refractivity contribution in [2.45, 2.75) is 33.1 Å². The molecule has 0 heterocycles. The minimum atomic E-state index is -0.499. The average molecular weight is 303 g/mol. The quantitative estimate of drug-likeness (QED) is 0.574. The molecule has 0 atom stereocenters. The minimum Gasteiger partial charge on any atom is -0.463 e. The molecule has 1 aromatic rings. The number of carbonyl (C=O) groups is 3. The maximum absolute atomic E-state index is 12.3. The van der Waals surface area contributed by atoms with Gasteiger partial charge in [-0.2, -0.15) is 0 Å². The van der Waals surface area contributed by atoms with Gasteiger partial charge in [0, 0.05) is 18.9 Å². The number of nitrogens with zero attached hydrogens (tertiary/aromatic N) is 1. The van der Waals surface area contributed by atoms with E-state index in [-0.39, 0.29) is 24.8 Å². The summed E-state index contributed by atoms with van der Waals surface area (Å²) in [5.41, 5.74) is 0.537. The van der Waals surface area contributed by atoms with Crippen molar-refractivity contribution in [1.29, 1.82) is 0 Å². The van der Waals surface area contributed by atoms with Crippen LogP contribution in [0, 0.1) is 0 Å². The van der Waals surface area contributed by atoms with Gasteiger partial charge >= 0.3 is 5.97 Å². The molecule has 0 spiro atoms. The summed E-state index contributed by atoms with van der Waals surface area (Å²) < 4.78 is 4.74. The standard InChI is InChI=1S/C17H21NO4/c1-3-9-15(19)18(14-10-6-5-7-11-14)16(20)12-8-13-17(21)22-4-2/h5-8,10-11,13H,3-4,9,12H2,1-2H3/b13-8+. The number of benzene rings is 1. The van der Waals surface area contributed by atoms with Crippen LogP contribution < -0.4 is 4.90 Å². The summed E-state index contributed by atoms with van der Waals surface area (Å²) >= 11 is 0. The highest BCUT2D eigenvalue weighted by Crippen LogP contribution is 2.16. The van der Waals surface area contributed by atoms with E-state index in [9.17, 15) is 14.4 Å². The van der Waals surface area contributed by atoms with Gasteiger partial charge in [0.15, 0.2) is 0 Å². The lowest BCUT2D eigenvalue weighted by Gasteiger charge is -2.20. The number of esters is 1. The summed E-state index contributed by atoms with van der Waals surface area (Å²) in [5, 5.41) is 0. The largest absolute Gasteiger partial charge is 0.463 e. The van der Waals surface area contributed by atoms with Crippen LogP contribution in [-0.4, -0.2) is 24.4 Å². The molecule has 0 fully saturated rings. The van der Waals surface area contributed by atoms with E-state index in [1.54, 1.807) is 31.2 Å². The number of carbonyl (C=O) groups excluding carboxylic acids is 3. The Kier molecular flexibility index (Phi) is 7.61. The lowest BCUT2D eigenvalue weighted by molar-refractivity contribution is -0.137. The third kappa shape index (κ3) is 5.52. The second-order valence-corrected chi connectivity index (χ2v) is 4.57. The molecule has 5 heteroatoms. The number of hydrogen-bond acceptors (Lipinski definition) is 4. The lowest BCUT2D eigenvalue weighted by atomic mass is 10.2. The summed E-state index contributed by atoms with van der Waals surface area (Å²) in [6.07, 6.45) is 3.53. The Labute approximate surface area is 130 Å². The minimum absolute atomic E-state index is 0.0385. The number of anilines is 1. The number of ether oxygens (including phenoxy) is 1. The topological polar surface area (TPSA) is 63.7 Å². The first-order valence-electron chi connectivity index (χ1n) is 7.34. The van der Waals surface area contributed by atoms with Gasteiger partial charge in [0.2, 0.25) is 11.8 Å². The molecule has 0 aliphatic rings. The van der Waals surface area contributed by atoms with Crippen molar-refractivity contribution in [3.63, 3.8) is 0 Å². The van der Waals surface area contributed by atoms with Crippen molar-refractivity contribution in [3.8, 4) is 0 Å². The van der Waals surface area contributed by atoms with Crippen LogP contribution in [-0.2, 0) is 19.1 Å². The molecule has 22 heavy (non-hydrogen) atoms. The van der Waals surface area contributed by atoms with E-state index in [4.69, 9.17) is 4.74 Å². The molecule has 0 aromatic heterocycles. The predicted molar refractivity (Wildman–Crippen MR) is 84.2 cm³/mol. The summed E-state index contributed by atoms with van der Waals surface area (Å²) in [5.74, 6) is -1.12. The van der Waals surface area contributed by atoms with Crippen LogP contribution in [0.2, 0.25) is 0 Å². The second-order valence-electron chi connectivity index (χ2n) is 4.57. The van der Waals surface area contributed by atoms with E-state index in [0.29, 0.717) is 18.5 Å². The van der Waals surface area contributed by atoms with E-state index in [1.807, 2.05) is 13.0 Å². The highest BCUT2D eigenvalue weighted by molar-refractivity contribution is 6.15. The van der Waals surface area contributed by atoms with Gasteiger partial charge in [-0.1, -0.05) is 31.2 Å². The Morgan fingerprint density at radius 2 is 1.77 bits per heavy atom. The monoisotopic (exact) mass is 303 g/mol. The highest BCUT2D eigenvalue weighted by Gasteiger charge is 2.21. The van der Waals surface area contributed by atoms with Crippen LogP contribution in [0.4, 0.5) is 5.69 Å². The SMILES string of the molecule is CCCC(=O)N(C(=O)C/C=C/C(=O)OCC)c1ccccc1. The maximum atomic E-state index is 12.3. The first kappa shape index (κ1) is 17.6. The molecule has 0 saturated heterocycles. The molecular weight excluding hydrogens is 282 g/mol. The zero-order chi connectivity index (χ0) is 16.4. The van der Waals surface area contributed by atoms with E-state index in [2.05, 4.69) is 0 Å². The van der Waals surface area contributed by atoms with Crippen molar-refractivity contribution < 1.29 is 19.1 Å². The van der Waals surface area contributed by atoms with E-state index in [1.165, 1.54) is 17.1 Å². The Bertz CT molecular complexity index is 537. The van der Waals surface area contributed by atoms with E-state index in [0.717, 1.165) is 0 Å². The smallest absolute Gasteiger partial charge is 0.330 e. The van der Waals surface area contributed by atoms with Crippen LogP contribution in [0.15, 0.2) is 42.5 Å². The van der Waals surface area contributed by atoms with Gasteiger partial charge in [0.25, 0.3) is 0 Å². The number of amides is 2. The molecule has 0 saturated carbocycles. The molecule has 2 amide bonds. The number of rotatable bonds is 7. The van der Waals surface area contributed by atoms with Crippen molar-refractivity contribution in [2.75, 3.05) is 11.5 Å². The Morgan fingerprint density at radius 1 is 1.09 bits per heavy atom. The Morgan fingerprint density at radius 3 is 2.36 bits per heavy atom. The van der Waals surface area contributed by atoms with Gasteiger partial charge in [0.1, 0.15) is 0 Å². The Hall–Kier alpha value is -2.43. The zero-order valence-corrected chi connectivity index (χ0v) is 13.0. The molecule has 5 nitrogen and oxygen atoms in total. The molecule has 0 bridgehead atoms. The van der Waals surface area contributed by atoms with Gasteiger partial charge in [-0.25, -0.2) is 4.79 Å². The van der Waals surface area contributed by atoms with Crippen LogP contribution in [0.1, 0.15) is 33.1 Å². The molecule has 1 rings (SSSR count). The lowest BCUT2D eigenvalue weighted by Crippen LogP contribution is -2.36. The Balaban J connectivity index is 2.81. The summed E-state index contributed by atoms with van der Waals surface area (Å²) in [6.45, 7) is 3.87. The highest BCUT2D eigenvalue weighted by atomic mass is 16.5. The van der Waals surface area contributed by atoms with Gasteiger partial charge in [-0.3, -0.25) is 14.5 Å². The van der Waals surface area contributed by atoms with Crippen LogP contribution in [0.3, 0.4) is 0 Å². The van der Waals surface area contributed by atoms with E-state index < -0.39 is 5.97 Å². The predicted octanol–water partition coefficient (Wildman–Crippen LogP) is 2.86. The number of hydrogen-bond donors (Lipinski definition) is 0. The zero-order valence-electron chi connectivity index (χ0n) is 13.0. The summed E-state index contributed by atoms with van der Waals surface area (Å²) in [7, 11) is 0. The fourth-order valence-corrected chi connectivity index (χ4v) is 1.87. The number of imide groups is 1. The average Bonchev–Trinajstić information content (AvgIpc) is 2.49. The van der Waals surface area contributed by atoms with E-state index >= 15 is 0 Å². The molecule has 0 unspecified atom stereocenters. The third-order valence-corrected chi connectivity index (χ3v) is 2.81. The van der Waals surface area contributed by atoms with Crippen molar-refractivity contribution >= 4 is 23.5 Å². The normalized spacial score (nSPS) is 10.5. The van der Waals surface area contributed by atoms with Gasteiger partial charge in [0.05, 0.1) is 12.3 Å². The fourth-order valence-electron chi connectivity index (χ4n) is 1.87. The second kappa shape index (κ2) is 9.50. The maximum Gasteiger partial charge on any atom is 0.330 e. The molecule has 0 aliphatic heterocycles. The molecule has 0 radical (unpaired) electrons. The van der Waals surface area contributed by atoms with Gasteiger partial charge in [-0.05, 0) is 25.5 Å². The number of para-hydroxylation sites is 1. The van der Waals surface area contributed by atoms with Gasteiger partial charge < -0.3 is 4.74 Å². The van der Waals surface area contributed by atoms with Crippen LogP contribution >= 0.6 is 0 Å². The summed E-state index contributed by atoms with van der Waals surface area (Å²) in [6, 6.07) is 8.77. The van der Waals surface area contributed by atoms with Crippen molar-refractivity contribution in [2.24, 2.45) is 0 Å².